The summed E-state index contributed by atoms with van der Waals surface area (Å²) in [7, 11) is 4.85. The van der Waals surface area contributed by atoms with E-state index in [9.17, 15) is 0 Å². The number of nitrogens with two attached hydrogens (primary N) is 1. The molecule has 0 heterocycles. The van der Waals surface area contributed by atoms with Gasteiger partial charge in [0.05, 0.1) is 26.9 Å². The smallest absolute Gasteiger partial charge is 0.122 e. The Kier molecular flexibility index (Phi) is 4.39. The summed E-state index contributed by atoms with van der Waals surface area (Å²) < 4.78 is 15.3. The van der Waals surface area contributed by atoms with Gasteiger partial charge in [-0.15, -0.1) is 0 Å². The standard InChI is InChI=1S/C11H17NO3/c1-13-7-11(12)8-4-9(14-2)6-10(5-8)15-3/h4-6,11H,7,12H2,1-3H3. The summed E-state index contributed by atoms with van der Waals surface area (Å²) in [5.74, 6) is 1.46. The Balaban J connectivity index is 2.95. The average Bonchev–Trinajstić information content (AvgIpc) is 2.28. The minimum absolute atomic E-state index is 0.168. The van der Waals surface area contributed by atoms with E-state index in [-0.39, 0.29) is 6.04 Å². The minimum atomic E-state index is -0.168. The van der Waals surface area contributed by atoms with Crippen molar-refractivity contribution in [3.8, 4) is 11.5 Å². The van der Waals surface area contributed by atoms with E-state index in [1.165, 1.54) is 0 Å². The maximum Gasteiger partial charge on any atom is 0.122 e. The molecule has 0 bridgehead atoms. The Morgan fingerprint density at radius 3 is 2.00 bits per heavy atom. The second kappa shape index (κ2) is 5.58. The molecule has 0 fully saturated rings. The van der Waals surface area contributed by atoms with Crippen molar-refractivity contribution < 1.29 is 14.2 Å². The fraction of sp³-hybridized carbons (Fsp3) is 0.455. The van der Waals surface area contributed by atoms with Gasteiger partial charge in [-0.05, 0) is 17.7 Å². The van der Waals surface area contributed by atoms with Crippen LogP contribution in [-0.4, -0.2) is 27.9 Å². The molecule has 0 spiro atoms. The Labute approximate surface area is 89.9 Å². The van der Waals surface area contributed by atoms with Gasteiger partial charge in [0.1, 0.15) is 11.5 Å². The molecule has 0 aliphatic carbocycles. The van der Waals surface area contributed by atoms with Crippen LogP contribution in [0.25, 0.3) is 0 Å². The summed E-state index contributed by atoms with van der Waals surface area (Å²) in [6.07, 6.45) is 0. The molecule has 0 radical (unpaired) electrons. The molecule has 1 atom stereocenters. The molecule has 0 saturated carbocycles. The van der Waals surface area contributed by atoms with Crippen molar-refractivity contribution in [2.45, 2.75) is 6.04 Å². The second-order valence-electron chi connectivity index (χ2n) is 3.21. The lowest BCUT2D eigenvalue weighted by Crippen LogP contribution is -2.16. The van der Waals surface area contributed by atoms with Crippen molar-refractivity contribution in [2.75, 3.05) is 27.9 Å². The van der Waals surface area contributed by atoms with Crippen LogP contribution >= 0.6 is 0 Å². The monoisotopic (exact) mass is 211 g/mol. The van der Waals surface area contributed by atoms with E-state index in [1.807, 2.05) is 18.2 Å². The predicted molar refractivity (Wildman–Crippen MR) is 58.4 cm³/mol. The third-order valence-corrected chi connectivity index (χ3v) is 2.15. The molecular formula is C11H17NO3. The fourth-order valence-electron chi connectivity index (χ4n) is 1.32. The highest BCUT2D eigenvalue weighted by Gasteiger charge is 2.09. The van der Waals surface area contributed by atoms with E-state index in [4.69, 9.17) is 19.9 Å². The molecule has 1 unspecified atom stereocenters. The van der Waals surface area contributed by atoms with Crippen molar-refractivity contribution in [1.29, 1.82) is 0 Å². The van der Waals surface area contributed by atoms with Gasteiger partial charge in [0.25, 0.3) is 0 Å². The Hall–Kier alpha value is -1.26. The molecule has 0 aliphatic heterocycles. The van der Waals surface area contributed by atoms with Crippen molar-refractivity contribution in [3.63, 3.8) is 0 Å². The largest absolute Gasteiger partial charge is 0.497 e. The van der Waals surface area contributed by atoms with Crippen molar-refractivity contribution in [2.24, 2.45) is 5.73 Å². The Morgan fingerprint density at radius 2 is 1.60 bits per heavy atom. The highest BCUT2D eigenvalue weighted by atomic mass is 16.5. The van der Waals surface area contributed by atoms with E-state index >= 15 is 0 Å². The summed E-state index contributed by atoms with van der Waals surface area (Å²) in [6, 6.07) is 5.40. The maximum absolute atomic E-state index is 5.92. The molecule has 1 rings (SSSR count). The zero-order chi connectivity index (χ0) is 11.3. The van der Waals surface area contributed by atoms with Gasteiger partial charge in [0.2, 0.25) is 0 Å². The average molecular weight is 211 g/mol. The highest BCUT2D eigenvalue weighted by molar-refractivity contribution is 5.39. The third kappa shape index (κ3) is 3.11. The van der Waals surface area contributed by atoms with E-state index < -0.39 is 0 Å². The third-order valence-electron chi connectivity index (χ3n) is 2.15. The summed E-state index contributed by atoms with van der Waals surface area (Å²) in [6.45, 7) is 0.469. The SMILES string of the molecule is COCC(N)c1cc(OC)cc(OC)c1. The highest BCUT2D eigenvalue weighted by Crippen LogP contribution is 2.25. The van der Waals surface area contributed by atoms with Gasteiger partial charge in [-0.1, -0.05) is 0 Å². The normalized spacial score (nSPS) is 12.3. The second-order valence-corrected chi connectivity index (χ2v) is 3.21. The topological polar surface area (TPSA) is 53.7 Å². The van der Waals surface area contributed by atoms with Crippen molar-refractivity contribution in [1.82, 2.24) is 0 Å². The van der Waals surface area contributed by atoms with E-state index in [2.05, 4.69) is 0 Å². The molecule has 84 valence electrons. The molecule has 1 aromatic rings. The summed E-state index contributed by atoms with van der Waals surface area (Å²) in [5, 5.41) is 0. The molecule has 15 heavy (non-hydrogen) atoms. The summed E-state index contributed by atoms with van der Waals surface area (Å²) in [4.78, 5) is 0. The van der Waals surface area contributed by atoms with Crippen LogP contribution in [0.5, 0.6) is 11.5 Å². The van der Waals surface area contributed by atoms with E-state index in [1.54, 1.807) is 21.3 Å². The number of rotatable bonds is 5. The van der Waals surface area contributed by atoms with Crippen LogP contribution in [0.2, 0.25) is 0 Å². The van der Waals surface area contributed by atoms with Crippen LogP contribution in [0.3, 0.4) is 0 Å². The Morgan fingerprint density at radius 1 is 1.07 bits per heavy atom. The van der Waals surface area contributed by atoms with Crippen LogP contribution in [0.1, 0.15) is 11.6 Å². The lowest BCUT2D eigenvalue weighted by atomic mass is 10.1. The van der Waals surface area contributed by atoms with Gasteiger partial charge in [-0.2, -0.15) is 0 Å². The number of hydrogen-bond acceptors (Lipinski definition) is 4. The molecule has 4 nitrogen and oxygen atoms in total. The first kappa shape index (κ1) is 11.8. The van der Waals surface area contributed by atoms with Crippen LogP contribution in [0.4, 0.5) is 0 Å². The first-order chi connectivity index (χ1) is 7.21. The summed E-state index contributed by atoms with van der Waals surface area (Å²) >= 11 is 0. The van der Waals surface area contributed by atoms with E-state index in [0.717, 1.165) is 17.1 Å². The van der Waals surface area contributed by atoms with E-state index in [0.29, 0.717) is 6.61 Å². The molecule has 0 aliphatic rings. The molecule has 4 heteroatoms. The van der Waals surface area contributed by atoms with Crippen LogP contribution in [0.15, 0.2) is 18.2 Å². The van der Waals surface area contributed by atoms with Gasteiger partial charge in [0, 0.05) is 13.2 Å². The quantitative estimate of drug-likeness (QED) is 0.798. The summed E-state index contributed by atoms with van der Waals surface area (Å²) in [5.41, 5.74) is 6.85. The number of methoxy groups -OCH3 is 3. The first-order valence-electron chi connectivity index (χ1n) is 4.68. The fourth-order valence-corrected chi connectivity index (χ4v) is 1.32. The molecule has 0 saturated heterocycles. The van der Waals surface area contributed by atoms with Gasteiger partial charge in [-0.3, -0.25) is 0 Å². The number of ether oxygens (including phenoxy) is 3. The van der Waals surface area contributed by atoms with Gasteiger partial charge in [0.15, 0.2) is 0 Å². The zero-order valence-electron chi connectivity index (χ0n) is 9.32. The lowest BCUT2D eigenvalue weighted by molar-refractivity contribution is 0.180. The van der Waals surface area contributed by atoms with Crippen LogP contribution in [0, 0.1) is 0 Å². The van der Waals surface area contributed by atoms with Crippen LogP contribution < -0.4 is 15.2 Å². The molecule has 1 aromatic carbocycles. The zero-order valence-corrected chi connectivity index (χ0v) is 9.32. The van der Waals surface area contributed by atoms with Crippen molar-refractivity contribution in [3.05, 3.63) is 23.8 Å². The molecule has 0 aromatic heterocycles. The van der Waals surface area contributed by atoms with Gasteiger partial charge in [-0.25, -0.2) is 0 Å². The predicted octanol–water partition coefficient (Wildman–Crippen LogP) is 1.35. The van der Waals surface area contributed by atoms with Gasteiger partial charge < -0.3 is 19.9 Å². The molecule has 2 N–H and O–H groups in total. The molecule has 0 amide bonds. The molecular weight excluding hydrogens is 194 g/mol. The minimum Gasteiger partial charge on any atom is -0.497 e. The lowest BCUT2D eigenvalue weighted by Gasteiger charge is -2.13. The van der Waals surface area contributed by atoms with Gasteiger partial charge >= 0.3 is 0 Å². The van der Waals surface area contributed by atoms with Crippen molar-refractivity contribution >= 4 is 0 Å². The van der Waals surface area contributed by atoms with Crippen LogP contribution in [-0.2, 0) is 4.74 Å². The first-order valence-corrected chi connectivity index (χ1v) is 4.68. The maximum atomic E-state index is 5.92. The number of benzene rings is 1. The Bertz CT molecular complexity index is 292. The number of hydrogen-bond donors (Lipinski definition) is 1.